The van der Waals surface area contributed by atoms with Crippen LogP contribution in [0.15, 0.2) is 6.07 Å². The number of aliphatic hydroxyl groups is 1. The third-order valence-corrected chi connectivity index (χ3v) is 3.33. The topological polar surface area (TPSA) is 70.1 Å². The Bertz CT molecular complexity index is 404. The Labute approximate surface area is 108 Å². The highest BCUT2D eigenvalue weighted by molar-refractivity contribution is 5.47. The molecule has 0 radical (unpaired) electrons. The summed E-state index contributed by atoms with van der Waals surface area (Å²) in [5, 5.41) is 16.5. The van der Waals surface area contributed by atoms with Crippen molar-refractivity contribution >= 4 is 11.6 Å². The minimum atomic E-state index is -0.532. The maximum atomic E-state index is 10.0. The van der Waals surface area contributed by atoms with E-state index in [-0.39, 0.29) is 0 Å². The van der Waals surface area contributed by atoms with Crippen LogP contribution < -0.4 is 10.6 Å². The molecule has 1 aliphatic carbocycles. The molecule has 0 unspecified atom stereocenters. The first-order valence-electron chi connectivity index (χ1n) is 6.73. The summed E-state index contributed by atoms with van der Waals surface area (Å²) < 4.78 is 0. The number of nitrogens with zero attached hydrogens (tertiary/aromatic N) is 2. The lowest BCUT2D eigenvalue weighted by Gasteiger charge is -2.36. The van der Waals surface area contributed by atoms with Gasteiger partial charge in [0.1, 0.15) is 17.5 Å². The molecule has 1 fully saturated rings. The predicted octanol–water partition coefficient (Wildman–Crippen LogP) is 1.80. The van der Waals surface area contributed by atoms with Crippen molar-refractivity contribution in [1.82, 2.24) is 9.97 Å². The van der Waals surface area contributed by atoms with Gasteiger partial charge in [-0.1, -0.05) is 6.92 Å². The smallest absolute Gasteiger partial charge is 0.132 e. The van der Waals surface area contributed by atoms with Crippen LogP contribution in [0.3, 0.4) is 0 Å². The van der Waals surface area contributed by atoms with Gasteiger partial charge in [-0.2, -0.15) is 0 Å². The van der Waals surface area contributed by atoms with Crippen LogP contribution in [-0.4, -0.2) is 33.8 Å². The Morgan fingerprint density at radius 2 is 1.89 bits per heavy atom. The van der Waals surface area contributed by atoms with Crippen molar-refractivity contribution in [2.24, 2.45) is 0 Å². The standard InChI is InChI=1S/C13H22N4O/c1-3-10-16-11(14-4-2)8-12(17-10)15-9-13(18)6-5-7-13/h8,18H,3-7,9H2,1-2H3,(H2,14,15,16,17). The number of hydrogen-bond donors (Lipinski definition) is 3. The van der Waals surface area contributed by atoms with Gasteiger partial charge in [0.25, 0.3) is 0 Å². The lowest BCUT2D eigenvalue weighted by molar-refractivity contribution is -0.0202. The van der Waals surface area contributed by atoms with Crippen molar-refractivity contribution in [3.8, 4) is 0 Å². The number of anilines is 2. The van der Waals surface area contributed by atoms with Crippen LogP contribution in [-0.2, 0) is 6.42 Å². The van der Waals surface area contributed by atoms with E-state index >= 15 is 0 Å². The normalized spacial score (nSPS) is 17.1. The maximum Gasteiger partial charge on any atom is 0.132 e. The first-order valence-corrected chi connectivity index (χ1v) is 6.73. The van der Waals surface area contributed by atoms with Gasteiger partial charge >= 0.3 is 0 Å². The first-order chi connectivity index (χ1) is 8.65. The van der Waals surface area contributed by atoms with Crippen LogP contribution in [0.25, 0.3) is 0 Å². The van der Waals surface area contributed by atoms with Crippen LogP contribution in [0.5, 0.6) is 0 Å². The quantitative estimate of drug-likeness (QED) is 0.718. The van der Waals surface area contributed by atoms with Crippen molar-refractivity contribution in [2.75, 3.05) is 23.7 Å². The van der Waals surface area contributed by atoms with Gasteiger partial charge in [-0.15, -0.1) is 0 Å². The molecule has 0 bridgehead atoms. The number of aromatic nitrogens is 2. The monoisotopic (exact) mass is 250 g/mol. The molecular weight excluding hydrogens is 228 g/mol. The minimum Gasteiger partial charge on any atom is -0.388 e. The molecular formula is C13H22N4O. The molecule has 0 saturated heterocycles. The summed E-state index contributed by atoms with van der Waals surface area (Å²) in [6, 6.07) is 1.89. The summed E-state index contributed by atoms with van der Waals surface area (Å²) in [5.41, 5.74) is -0.532. The molecule has 1 heterocycles. The van der Waals surface area contributed by atoms with E-state index in [2.05, 4.69) is 20.6 Å². The van der Waals surface area contributed by atoms with Gasteiger partial charge in [-0.25, -0.2) is 9.97 Å². The van der Waals surface area contributed by atoms with Gasteiger partial charge < -0.3 is 15.7 Å². The zero-order chi connectivity index (χ0) is 13.0. The molecule has 0 amide bonds. The third kappa shape index (κ3) is 3.10. The van der Waals surface area contributed by atoms with E-state index in [4.69, 9.17) is 0 Å². The summed E-state index contributed by atoms with van der Waals surface area (Å²) >= 11 is 0. The lowest BCUT2D eigenvalue weighted by atomic mass is 9.80. The van der Waals surface area contributed by atoms with Crippen molar-refractivity contribution < 1.29 is 5.11 Å². The second kappa shape index (κ2) is 5.52. The van der Waals surface area contributed by atoms with Crippen molar-refractivity contribution in [3.05, 3.63) is 11.9 Å². The fourth-order valence-electron chi connectivity index (χ4n) is 2.03. The van der Waals surface area contributed by atoms with Crippen LogP contribution >= 0.6 is 0 Å². The Balaban J connectivity index is 2.03. The lowest BCUT2D eigenvalue weighted by Crippen LogP contribution is -2.43. The van der Waals surface area contributed by atoms with E-state index in [0.29, 0.717) is 6.54 Å². The number of aryl methyl sites for hydroxylation is 1. The van der Waals surface area contributed by atoms with Crippen LogP contribution in [0, 0.1) is 0 Å². The summed E-state index contributed by atoms with van der Waals surface area (Å²) in [6.45, 7) is 5.48. The van der Waals surface area contributed by atoms with Crippen LogP contribution in [0.1, 0.15) is 38.9 Å². The highest BCUT2D eigenvalue weighted by Crippen LogP contribution is 2.31. The van der Waals surface area contributed by atoms with Gasteiger partial charge in [0.05, 0.1) is 5.60 Å². The van der Waals surface area contributed by atoms with Gasteiger partial charge in [0.2, 0.25) is 0 Å². The second-order valence-corrected chi connectivity index (χ2v) is 4.87. The van der Waals surface area contributed by atoms with Crippen molar-refractivity contribution in [1.29, 1.82) is 0 Å². The summed E-state index contributed by atoms with van der Waals surface area (Å²) in [7, 11) is 0. The molecule has 0 atom stereocenters. The van der Waals surface area contributed by atoms with E-state index in [1.807, 2.05) is 19.9 Å². The minimum absolute atomic E-state index is 0.532. The average Bonchev–Trinajstić information content (AvgIpc) is 2.34. The van der Waals surface area contributed by atoms with Crippen molar-refractivity contribution in [3.63, 3.8) is 0 Å². The Hall–Kier alpha value is -1.36. The highest BCUT2D eigenvalue weighted by Gasteiger charge is 2.34. The fraction of sp³-hybridized carbons (Fsp3) is 0.692. The summed E-state index contributed by atoms with van der Waals surface area (Å²) in [6.07, 6.45) is 3.68. The van der Waals surface area contributed by atoms with E-state index in [1.165, 1.54) is 0 Å². The largest absolute Gasteiger partial charge is 0.388 e. The van der Waals surface area contributed by atoms with Crippen LogP contribution in [0.4, 0.5) is 11.6 Å². The number of hydrogen-bond acceptors (Lipinski definition) is 5. The molecule has 5 heteroatoms. The van der Waals surface area contributed by atoms with Crippen molar-refractivity contribution in [2.45, 2.75) is 45.1 Å². The summed E-state index contributed by atoms with van der Waals surface area (Å²) in [4.78, 5) is 8.82. The van der Waals surface area contributed by atoms with E-state index in [1.54, 1.807) is 0 Å². The maximum absolute atomic E-state index is 10.0. The van der Waals surface area contributed by atoms with Gasteiger partial charge in [-0.05, 0) is 26.2 Å². The Kier molecular flexibility index (Phi) is 4.01. The zero-order valence-electron chi connectivity index (χ0n) is 11.2. The molecule has 0 aliphatic heterocycles. The molecule has 1 aliphatic rings. The van der Waals surface area contributed by atoms with Crippen LogP contribution in [0.2, 0.25) is 0 Å². The Morgan fingerprint density at radius 1 is 1.22 bits per heavy atom. The average molecular weight is 250 g/mol. The third-order valence-electron chi connectivity index (χ3n) is 3.33. The predicted molar refractivity (Wildman–Crippen MR) is 72.9 cm³/mol. The molecule has 1 aromatic heterocycles. The molecule has 1 aromatic rings. The molecule has 1 saturated carbocycles. The second-order valence-electron chi connectivity index (χ2n) is 4.87. The van der Waals surface area contributed by atoms with E-state index < -0.39 is 5.60 Å². The molecule has 3 N–H and O–H groups in total. The first kappa shape index (κ1) is 13.1. The van der Waals surface area contributed by atoms with Gasteiger partial charge in [0.15, 0.2) is 0 Å². The number of nitrogens with one attached hydrogen (secondary N) is 2. The molecule has 2 rings (SSSR count). The molecule has 18 heavy (non-hydrogen) atoms. The van der Waals surface area contributed by atoms with Gasteiger partial charge in [-0.3, -0.25) is 0 Å². The fourth-order valence-corrected chi connectivity index (χ4v) is 2.03. The molecule has 5 nitrogen and oxygen atoms in total. The van der Waals surface area contributed by atoms with E-state index in [9.17, 15) is 5.11 Å². The molecule has 100 valence electrons. The molecule has 0 aromatic carbocycles. The summed E-state index contributed by atoms with van der Waals surface area (Å²) in [5.74, 6) is 2.45. The Morgan fingerprint density at radius 3 is 2.39 bits per heavy atom. The SMILES string of the molecule is CCNc1cc(NCC2(O)CCC2)nc(CC)n1. The molecule has 0 spiro atoms. The van der Waals surface area contributed by atoms with Gasteiger partial charge in [0, 0.05) is 25.6 Å². The number of rotatable bonds is 6. The highest BCUT2D eigenvalue weighted by atomic mass is 16.3. The zero-order valence-corrected chi connectivity index (χ0v) is 11.2. The van der Waals surface area contributed by atoms with E-state index in [0.717, 1.165) is 49.7 Å².